The Kier molecular flexibility index (Phi) is 4.18. The first-order chi connectivity index (χ1) is 11.4. The van der Waals surface area contributed by atoms with Crippen molar-refractivity contribution in [3.05, 3.63) is 64.8 Å². The van der Waals surface area contributed by atoms with E-state index in [2.05, 4.69) is 9.97 Å². The molecule has 122 valence electrons. The van der Waals surface area contributed by atoms with E-state index in [1.165, 1.54) is 24.4 Å². The molecular formula is C16H11ClFN3O3. The van der Waals surface area contributed by atoms with E-state index in [4.69, 9.17) is 22.1 Å². The maximum Gasteiger partial charge on any atom is 0.355 e. The molecule has 6 nitrogen and oxygen atoms in total. The number of pyridine rings is 1. The van der Waals surface area contributed by atoms with Gasteiger partial charge in [0, 0.05) is 10.9 Å². The number of rotatable bonds is 4. The van der Waals surface area contributed by atoms with E-state index in [0.29, 0.717) is 10.9 Å². The molecule has 3 N–H and O–H groups in total. The second kappa shape index (κ2) is 6.29. The molecule has 1 unspecified atom stereocenters. The van der Waals surface area contributed by atoms with Crippen LogP contribution in [0.3, 0.4) is 0 Å². The van der Waals surface area contributed by atoms with E-state index in [9.17, 15) is 14.0 Å². The quantitative estimate of drug-likeness (QED) is 0.560. The highest BCUT2D eigenvalue weighted by Crippen LogP contribution is 2.22. The number of H-pyrrole nitrogens is 1. The third kappa shape index (κ3) is 3.21. The number of nitrogens with zero attached hydrogens (tertiary/aromatic N) is 1. The van der Waals surface area contributed by atoms with Crippen molar-refractivity contribution < 1.29 is 18.7 Å². The molecule has 0 bridgehead atoms. The Morgan fingerprint density at radius 3 is 2.62 bits per heavy atom. The van der Waals surface area contributed by atoms with E-state index in [-0.39, 0.29) is 16.4 Å². The second-order valence-corrected chi connectivity index (χ2v) is 5.40. The lowest BCUT2D eigenvalue weighted by Crippen LogP contribution is -2.26. The van der Waals surface area contributed by atoms with Crippen LogP contribution in [0.2, 0.25) is 5.15 Å². The molecule has 1 amide bonds. The van der Waals surface area contributed by atoms with Crippen LogP contribution in [0.25, 0.3) is 10.9 Å². The number of esters is 1. The first-order valence-corrected chi connectivity index (χ1v) is 7.22. The van der Waals surface area contributed by atoms with E-state index in [0.717, 1.165) is 12.1 Å². The molecule has 0 saturated carbocycles. The molecule has 8 heteroatoms. The van der Waals surface area contributed by atoms with Crippen LogP contribution in [-0.2, 0) is 9.53 Å². The standard InChI is InChI=1S/C16H11ClFN3O3/c17-13-6-9-5-11(21-12(9)7-20-13)16(23)24-14(15(19)22)8-1-3-10(18)4-2-8/h1-7,14,21H,(H2,19,22). The van der Waals surface area contributed by atoms with Crippen LogP contribution in [0.4, 0.5) is 4.39 Å². The molecule has 2 aromatic heterocycles. The number of aromatic amines is 1. The van der Waals surface area contributed by atoms with Gasteiger partial charge in [0.1, 0.15) is 16.7 Å². The molecule has 0 aliphatic rings. The molecule has 1 aromatic carbocycles. The van der Waals surface area contributed by atoms with E-state index in [1.54, 1.807) is 6.07 Å². The number of hydrogen-bond donors (Lipinski definition) is 2. The van der Waals surface area contributed by atoms with Crippen molar-refractivity contribution in [1.29, 1.82) is 0 Å². The predicted octanol–water partition coefficient (Wildman–Crippen LogP) is 2.74. The van der Waals surface area contributed by atoms with Crippen LogP contribution >= 0.6 is 11.6 Å². The third-order valence-electron chi connectivity index (χ3n) is 3.35. The number of benzene rings is 1. The van der Waals surface area contributed by atoms with Gasteiger partial charge in [-0.05, 0) is 24.3 Å². The largest absolute Gasteiger partial charge is 0.443 e. The topological polar surface area (TPSA) is 98.1 Å². The monoisotopic (exact) mass is 347 g/mol. The minimum absolute atomic E-state index is 0.113. The fourth-order valence-corrected chi connectivity index (χ4v) is 2.38. The first kappa shape index (κ1) is 15.9. The summed E-state index contributed by atoms with van der Waals surface area (Å²) < 4.78 is 18.1. The summed E-state index contributed by atoms with van der Waals surface area (Å²) >= 11 is 5.79. The fourth-order valence-electron chi connectivity index (χ4n) is 2.21. The van der Waals surface area contributed by atoms with Gasteiger partial charge in [-0.1, -0.05) is 23.7 Å². The number of hydrogen-bond acceptors (Lipinski definition) is 4. The number of ether oxygens (including phenoxy) is 1. The Morgan fingerprint density at radius 2 is 1.96 bits per heavy atom. The smallest absolute Gasteiger partial charge is 0.355 e. The molecule has 0 saturated heterocycles. The van der Waals surface area contributed by atoms with Crippen LogP contribution in [0.5, 0.6) is 0 Å². The molecule has 24 heavy (non-hydrogen) atoms. The lowest BCUT2D eigenvalue weighted by atomic mass is 10.1. The van der Waals surface area contributed by atoms with Crippen molar-refractivity contribution >= 4 is 34.4 Å². The number of primary amides is 1. The van der Waals surface area contributed by atoms with Gasteiger partial charge in [-0.3, -0.25) is 4.79 Å². The molecule has 2 heterocycles. The Morgan fingerprint density at radius 1 is 1.25 bits per heavy atom. The molecule has 0 radical (unpaired) electrons. The Labute approximate surface area is 140 Å². The average molecular weight is 348 g/mol. The number of halogens is 2. The maximum atomic E-state index is 13.0. The molecule has 3 rings (SSSR count). The summed E-state index contributed by atoms with van der Waals surface area (Å²) in [5, 5.41) is 0.946. The number of nitrogens with two attached hydrogens (primary N) is 1. The van der Waals surface area contributed by atoms with Crippen LogP contribution in [0.1, 0.15) is 22.2 Å². The average Bonchev–Trinajstić information content (AvgIpc) is 2.96. The van der Waals surface area contributed by atoms with Gasteiger partial charge in [-0.15, -0.1) is 0 Å². The predicted molar refractivity (Wildman–Crippen MR) is 84.9 cm³/mol. The van der Waals surface area contributed by atoms with Gasteiger partial charge in [-0.25, -0.2) is 14.2 Å². The number of carbonyl (C=O) groups is 2. The summed E-state index contributed by atoms with van der Waals surface area (Å²) in [6.07, 6.45) is 0.145. The molecular weight excluding hydrogens is 337 g/mol. The summed E-state index contributed by atoms with van der Waals surface area (Å²) in [6, 6.07) is 8.05. The van der Waals surface area contributed by atoms with Gasteiger partial charge in [0.15, 0.2) is 0 Å². The van der Waals surface area contributed by atoms with Gasteiger partial charge in [0.25, 0.3) is 5.91 Å². The molecule has 0 spiro atoms. The minimum Gasteiger partial charge on any atom is -0.443 e. The van der Waals surface area contributed by atoms with Crippen molar-refractivity contribution in [3.63, 3.8) is 0 Å². The Balaban J connectivity index is 1.87. The summed E-state index contributed by atoms with van der Waals surface area (Å²) in [7, 11) is 0. The molecule has 3 aromatic rings. The number of aromatic nitrogens is 2. The van der Waals surface area contributed by atoms with Gasteiger partial charge >= 0.3 is 5.97 Å². The summed E-state index contributed by atoms with van der Waals surface area (Å²) in [4.78, 5) is 30.6. The maximum absolute atomic E-state index is 13.0. The zero-order valence-electron chi connectivity index (χ0n) is 12.1. The number of amides is 1. The summed E-state index contributed by atoms with van der Waals surface area (Å²) in [6.45, 7) is 0. The third-order valence-corrected chi connectivity index (χ3v) is 3.55. The number of fused-ring (bicyclic) bond motifs is 1. The lowest BCUT2D eigenvalue weighted by Gasteiger charge is -2.14. The van der Waals surface area contributed by atoms with Crippen LogP contribution in [0, 0.1) is 5.82 Å². The summed E-state index contributed by atoms with van der Waals surface area (Å²) in [5.41, 5.74) is 6.26. The Bertz CT molecular complexity index is 924. The normalized spacial score (nSPS) is 12.1. The van der Waals surface area contributed by atoms with Crippen molar-refractivity contribution in [1.82, 2.24) is 9.97 Å². The van der Waals surface area contributed by atoms with Crippen LogP contribution < -0.4 is 5.73 Å². The number of nitrogens with one attached hydrogen (secondary N) is 1. The van der Waals surface area contributed by atoms with Gasteiger partial charge < -0.3 is 15.5 Å². The second-order valence-electron chi connectivity index (χ2n) is 5.02. The molecule has 0 fully saturated rings. The molecule has 0 aliphatic heterocycles. The number of carbonyl (C=O) groups excluding carboxylic acids is 2. The first-order valence-electron chi connectivity index (χ1n) is 6.84. The van der Waals surface area contributed by atoms with Crippen molar-refractivity contribution in [2.45, 2.75) is 6.10 Å². The van der Waals surface area contributed by atoms with Gasteiger partial charge in [-0.2, -0.15) is 0 Å². The highest BCUT2D eigenvalue weighted by atomic mass is 35.5. The van der Waals surface area contributed by atoms with E-state index >= 15 is 0 Å². The van der Waals surface area contributed by atoms with E-state index < -0.39 is 23.8 Å². The zero-order valence-corrected chi connectivity index (χ0v) is 12.9. The molecule has 1 atom stereocenters. The minimum atomic E-state index is -1.33. The van der Waals surface area contributed by atoms with Crippen LogP contribution in [-0.4, -0.2) is 21.8 Å². The highest BCUT2D eigenvalue weighted by Gasteiger charge is 2.24. The van der Waals surface area contributed by atoms with Crippen LogP contribution in [0.15, 0.2) is 42.6 Å². The van der Waals surface area contributed by atoms with Crippen molar-refractivity contribution in [2.24, 2.45) is 5.73 Å². The van der Waals surface area contributed by atoms with Gasteiger partial charge in [0.05, 0.1) is 11.7 Å². The van der Waals surface area contributed by atoms with Gasteiger partial charge in [0.2, 0.25) is 6.10 Å². The SMILES string of the molecule is NC(=O)C(OC(=O)c1cc2cc(Cl)ncc2[nH]1)c1ccc(F)cc1. The molecule has 0 aliphatic carbocycles. The zero-order chi connectivity index (χ0) is 17.3. The fraction of sp³-hybridized carbons (Fsp3) is 0.0625. The van der Waals surface area contributed by atoms with Crippen molar-refractivity contribution in [3.8, 4) is 0 Å². The van der Waals surface area contributed by atoms with E-state index in [1.807, 2.05) is 0 Å². The summed E-state index contributed by atoms with van der Waals surface area (Å²) in [5.74, 6) is -2.13. The van der Waals surface area contributed by atoms with Crippen molar-refractivity contribution in [2.75, 3.05) is 0 Å². The highest BCUT2D eigenvalue weighted by molar-refractivity contribution is 6.30. The lowest BCUT2D eigenvalue weighted by molar-refractivity contribution is -0.127. The Hall–Kier alpha value is -2.93.